The zero-order chi connectivity index (χ0) is 9.10. The lowest BCUT2D eigenvalue weighted by atomic mass is 10.4. The Morgan fingerprint density at radius 2 is 1.62 bits per heavy atom. The van der Waals surface area contributed by atoms with Gasteiger partial charge < -0.3 is 0 Å². The van der Waals surface area contributed by atoms with E-state index >= 15 is 0 Å². The van der Waals surface area contributed by atoms with Crippen LogP contribution in [-0.2, 0) is 11.8 Å². The largest absolute Gasteiger partial charge is 0.224 e. The Hall–Kier alpha value is -0.780. The Morgan fingerprint density at radius 3 is 2.23 bits per heavy atom. The molecule has 0 radical (unpaired) electrons. The van der Waals surface area contributed by atoms with Gasteiger partial charge in [0.1, 0.15) is 0 Å². The lowest BCUT2D eigenvalue weighted by Crippen LogP contribution is -2.02. The number of benzene rings is 1. The van der Waals surface area contributed by atoms with Gasteiger partial charge in [0.05, 0.1) is 0 Å². The van der Waals surface area contributed by atoms with E-state index in [4.69, 9.17) is 11.8 Å². The molecule has 0 spiro atoms. The van der Waals surface area contributed by atoms with Gasteiger partial charge in [0.25, 0.3) is 0 Å². The number of allylic oxidation sites excluding steroid dienone is 4. The Balaban J connectivity index is 2.23. The second-order valence-corrected chi connectivity index (χ2v) is 5.87. The maximum atomic E-state index is 5.53. The van der Waals surface area contributed by atoms with Crippen LogP contribution in [0.3, 0.4) is 0 Å². The van der Waals surface area contributed by atoms with Gasteiger partial charge in [0.2, 0.25) is 6.70 Å². The lowest BCUT2D eigenvalue weighted by Gasteiger charge is -1.94. The Morgan fingerprint density at radius 1 is 1.00 bits per heavy atom. The summed E-state index contributed by atoms with van der Waals surface area (Å²) in [6.45, 7) is -0.467. The van der Waals surface area contributed by atoms with E-state index in [-0.39, 0.29) is 0 Å². The zero-order valence-electron chi connectivity index (χ0n) is 7.13. The minimum Gasteiger partial charge on any atom is -0.0619 e. The first-order valence-electron chi connectivity index (χ1n) is 4.24. The van der Waals surface area contributed by atoms with Gasteiger partial charge in [-0.1, -0.05) is 30.4 Å². The minimum atomic E-state index is -0.467. The predicted molar refractivity (Wildman–Crippen MR) is 62.4 cm³/mol. The van der Waals surface area contributed by atoms with E-state index < -0.39 is 6.70 Å². The minimum absolute atomic E-state index is 0.465. The summed E-state index contributed by atoms with van der Waals surface area (Å²) < 4.78 is 0. The molecule has 0 N–H and O–H groups in total. The highest BCUT2D eigenvalue weighted by Gasteiger charge is 2.23. The topological polar surface area (TPSA) is 0 Å². The van der Waals surface area contributed by atoms with Gasteiger partial charge in [0.15, 0.2) is 22.8 Å². The molecule has 0 saturated heterocycles. The van der Waals surface area contributed by atoms with Crippen molar-refractivity contribution in [3.8, 4) is 0 Å². The summed E-state index contributed by atoms with van der Waals surface area (Å²) in [5.41, 5.74) is 0.465. The molecule has 1 aromatic carbocycles. The molecule has 1 aliphatic rings. The number of rotatable bonds is 2. The summed E-state index contributed by atoms with van der Waals surface area (Å²) in [5, 5.41) is 1.30. The third-order valence-corrected chi connectivity index (χ3v) is 5.06. The molecule has 2 heteroatoms. The summed E-state index contributed by atoms with van der Waals surface area (Å²) in [7, 11) is 0. The molecule has 1 aliphatic carbocycles. The first-order valence-corrected chi connectivity index (χ1v) is 6.67. The van der Waals surface area contributed by atoms with Crippen LogP contribution in [0.5, 0.6) is 0 Å². The van der Waals surface area contributed by atoms with E-state index in [0.717, 1.165) is 0 Å². The van der Waals surface area contributed by atoms with E-state index in [0.29, 0.717) is 5.66 Å². The molecular formula is C11H10PS+. The van der Waals surface area contributed by atoms with Crippen molar-refractivity contribution in [2.45, 2.75) is 5.66 Å². The summed E-state index contributed by atoms with van der Waals surface area (Å²) in [6.07, 6.45) is 8.53. The van der Waals surface area contributed by atoms with Crippen molar-refractivity contribution in [1.82, 2.24) is 0 Å². The SMILES string of the molecule is S=[P+](c1ccccc1)C1C=CC=C1. The molecule has 0 aromatic heterocycles. The standard InChI is InChI=1S/C11H10PS/c13-12(11-8-4-5-9-11)10-6-2-1-3-7-10/h1-9,11H/q+1. The quantitative estimate of drug-likeness (QED) is 0.669. The van der Waals surface area contributed by atoms with Crippen LogP contribution >= 0.6 is 6.70 Å². The van der Waals surface area contributed by atoms with E-state index in [9.17, 15) is 0 Å². The molecule has 1 unspecified atom stereocenters. The van der Waals surface area contributed by atoms with Crippen LogP contribution in [0.2, 0.25) is 0 Å². The van der Waals surface area contributed by atoms with Gasteiger partial charge in [-0.05, 0) is 24.3 Å². The van der Waals surface area contributed by atoms with Crippen molar-refractivity contribution in [3.05, 3.63) is 54.6 Å². The average molecular weight is 205 g/mol. The smallest absolute Gasteiger partial charge is 0.0619 e. The summed E-state index contributed by atoms with van der Waals surface area (Å²) >= 11 is 5.53. The summed E-state index contributed by atoms with van der Waals surface area (Å²) in [5.74, 6) is 0. The first-order chi connectivity index (χ1) is 6.38. The normalized spacial score (nSPS) is 16.5. The van der Waals surface area contributed by atoms with Crippen molar-refractivity contribution < 1.29 is 0 Å². The van der Waals surface area contributed by atoms with Crippen molar-refractivity contribution in [3.63, 3.8) is 0 Å². The van der Waals surface area contributed by atoms with E-state index in [1.54, 1.807) is 0 Å². The molecule has 13 heavy (non-hydrogen) atoms. The molecule has 0 aliphatic heterocycles. The third-order valence-electron chi connectivity index (χ3n) is 2.01. The molecule has 0 fully saturated rings. The van der Waals surface area contributed by atoms with E-state index in [2.05, 4.69) is 48.6 Å². The zero-order valence-corrected chi connectivity index (χ0v) is 8.84. The van der Waals surface area contributed by atoms with Gasteiger partial charge in [-0.15, -0.1) is 0 Å². The van der Waals surface area contributed by atoms with Gasteiger partial charge in [-0.2, -0.15) is 0 Å². The van der Waals surface area contributed by atoms with E-state index in [1.807, 2.05) is 6.07 Å². The van der Waals surface area contributed by atoms with Gasteiger partial charge in [-0.25, -0.2) is 0 Å². The monoisotopic (exact) mass is 205 g/mol. The predicted octanol–water partition coefficient (Wildman–Crippen LogP) is 2.75. The van der Waals surface area contributed by atoms with Crippen LogP contribution in [0.4, 0.5) is 0 Å². The van der Waals surface area contributed by atoms with Crippen LogP contribution in [0, 0.1) is 0 Å². The van der Waals surface area contributed by atoms with Crippen LogP contribution in [-0.4, -0.2) is 5.66 Å². The molecule has 0 saturated carbocycles. The molecule has 0 nitrogen and oxygen atoms in total. The van der Waals surface area contributed by atoms with Crippen molar-refractivity contribution in [1.29, 1.82) is 0 Å². The fourth-order valence-corrected chi connectivity index (χ4v) is 3.43. The molecule has 0 amide bonds. The Labute approximate surface area is 84.4 Å². The third kappa shape index (κ3) is 1.93. The fraction of sp³-hybridized carbons (Fsp3) is 0.0909. The molecule has 1 aromatic rings. The highest BCUT2D eigenvalue weighted by atomic mass is 32.4. The number of hydrogen-bond donors (Lipinski definition) is 0. The fourth-order valence-electron chi connectivity index (χ4n) is 1.32. The highest BCUT2D eigenvalue weighted by Crippen LogP contribution is 2.31. The first kappa shape index (κ1) is 8.80. The van der Waals surface area contributed by atoms with Crippen LogP contribution < -0.4 is 5.30 Å². The Bertz CT molecular complexity index is 353. The molecule has 0 heterocycles. The molecule has 2 rings (SSSR count). The second kappa shape index (κ2) is 3.95. The van der Waals surface area contributed by atoms with Gasteiger partial charge >= 0.3 is 0 Å². The molecule has 0 bridgehead atoms. The Kier molecular flexibility index (Phi) is 2.68. The van der Waals surface area contributed by atoms with Crippen LogP contribution in [0.25, 0.3) is 0 Å². The average Bonchev–Trinajstić information content (AvgIpc) is 2.71. The van der Waals surface area contributed by atoms with Crippen molar-refractivity contribution in [2.24, 2.45) is 0 Å². The van der Waals surface area contributed by atoms with E-state index in [1.165, 1.54) is 5.30 Å². The summed E-state index contributed by atoms with van der Waals surface area (Å²) in [6, 6.07) is 10.4. The summed E-state index contributed by atoms with van der Waals surface area (Å²) in [4.78, 5) is 0. The van der Waals surface area contributed by atoms with Crippen molar-refractivity contribution in [2.75, 3.05) is 0 Å². The maximum Gasteiger partial charge on any atom is 0.224 e. The highest BCUT2D eigenvalue weighted by molar-refractivity contribution is 8.09. The van der Waals surface area contributed by atoms with Gasteiger partial charge in [-0.3, -0.25) is 0 Å². The van der Waals surface area contributed by atoms with Crippen molar-refractivity contribution >= 4 is 23.8 Å². The number of hydrogen-bond acceptors (Lipinski definition) is 1. The maximum absolute atomic E-state index is 5.53. The van der Waals surface area contributed by atoms with Crippen LogP contribution in [0.15, 0.2) is 54.6 Å². The molecule has 64 valence electrons. The lowest BCUT2D eigenvalue weighted by molar-refractivity contribution is 1.46. The van der Waals surface area contributed by atoms with Crippen LogP contribution in [0.1, 0.15) is 0 Å². The van der Waals surface area contributed by atoms with Gasteiger partial charge in [0, 0.05) is 0 Å². The second-order valence-electron chi connectivity index (χ2n) is 2.92. The molecular weight excluding hydrogens is 195 g/mol. The molecule has 1 atom stereocenters.